The summed E-state index contributed by atoms with van der Waals surface area (Å²) in [6, 6.07) is 4.02. The lowest BCUT2D eigenvalue weighted by Gasteiger charge is -2.16. The number of esters is 1. The molecule has 0 saturated carbocycles. The van der Waals surface area contributed by atoms with Crippen molar-refractivity contribution in [2.45, 2.75) is 12.5 Å². The Balaban J connectivity index is 2.05. The van der Waals surface area contributed by atoms with Crippen molar-refractivity contribution in [3.05, 3.63) is 43.9 Å². The number of nitro groups is 1. The molecule has 3 N–H and O–H groups in total. The predicted octanol–water partition coefficient (Wildman–Crippen LogP) is 2.01. The Kier molecular flexibility index (Phi) is 6.14. The molecular formula is C13H13N5O5S2. The summed E-state index contributed by atoms with van der Waals surface area (Å²) in [6.07, 6.45) is 0.106. The van der Waals surface area contributed by atoms with Crippen LogP contribution < -0.4 is 10.6 Å². The molecule has 0 spiro atoms. The van der Waals surface area contributed by atoms with E-state index in [1.165, 1.54) is 31.4 Å². The lowest BCUT2D eigenvalue weighted by Crippen LogP contribution is -2.45. The van der Waals surface area contributed by atoms with E-state index in [4.69, 9.17) is 12.2 Å². The number of hydrogen-bond donors (Lipinski definition) is 3. The van der Waals surface area contributed by atoms with E-state index in [9.17, 15) is 19.7 Å². The number of nitro benzene ring substituents is 1. The number of non-ortho nitro benzene ring substituents is 1. The molecule has 0 aliphatic heterocycles. The van der Waals surface area contributed by atoms with Crippen molar-refractivity contribution in [1.29, 1.82) is 0 Å². The Labute approximate surface area is 150 Å². The van der Waals surface area contributed by atoms with Crippen LogP contribution in [-0.4, -0.2) is 40.3 Å². The van der Waals surface area contributed by atoms with Crippen LogP contribution in [-0.2, 0) is 16.0 Å². The molecule has 1 aromatic heterocycles. The van der Waals surface area contributed by atoms with Gasteiger partial charge in [-0.15, -0.1) is 5.10 Å². The van der Waals surface area contributed by atoms with E-state index in [2.05, 4.69) is 25.6 Å². The first-order chi connectivity index (χ1) is 11.9. The summed E-state index contributed by atoms with van der Waals surface area (Å²) < 4.78 is 5.07. The van der Waals surface area contributed by atoms with Gasteiger partial charge in [0.15, 0.2) is 3.95 Å². The van der Waals surface area contributed by atoms with Crippen molar-refractivity contribution < 1.29 is 19.2 Å². The highest BCUT2D eigenvalue weighted by molar-refractivity contribution is 7.73. The van der Waals surface area contributed by atoms with Gasteiger partial charge in [-0.2, -0.15) is 0 Å². The first-order valence-electron chi connectivity index (χ1n) is 6.83. The zero-order valence-corrected chi connectivity index (χ0v) is 14.5. The van der Waals surface area contributed by atoms with Crippen LogP contribution in [0.1, 0.15) is 5.56 Å². The standard InChI is InChI=1S/C13H13N5O5S2/c1-23-10(19)9(6-7-2-4-8(5-3-7)18(21)22)14-11(20)15-12-16-17-13(24)25-12/h2-5,9H,6H2,1H3,(H,17,24)(H2,14,15,16,20)/t9-/m0/s1. The van der Waals surface area contributed by atoms with E-state index < -0.39 is 23.0 Å². The summed E-state index contributed by atoms with van der Waals surface area (Å²) >= 11 is 5.92. The molecule has 10 nitrogen and oxygen atoms in total. The van der Waals surface area contributed by atoms with Crippen LogP contribution in [0.3, 0.4) is 0 Å². The minimum absolute atomic E-state index is 0.0659. The topological polar surface area (TPSA) is 139 Å². The highest BCUT2D eigenvalue weighted by atomic mass is 32.1. The normalized spacial score (nSPS) is 11.4. The van der Waals surface area contributed by atoms with Gasteiger partial charge in [0, 0.05) is 18.6 Å². The number of benzene rings is 1. The molecule has 12 heteroatoms. The predicted molar refractivity (Wildman–Crippen MR) is 92.1 cm³/mol. The van der Waals surface area contributed by atoms with Crippen molar-refractivity contribution in [2.24, 2.45) is 0 Å². The number of hydrogen-bond acceptors (Lipinski definition) is 8. The number of H-pyrrole nitrogens is 1. The van der Waals surface area contributed by atoms with Crippen LogP contribution in [0, 0.1) is 14.1 Å². The summed E-state index contributed by atoms with van der Waals surface area (Å²) in [5.41, 5.74) is 0.556. The number of methoxy groups -OCH3 is 1. The number of nitrogens with zero attached hydrogens (tertiary/aromatic N) is 2. The third-order valence-corrected chi connectivity index (χ3v) is 4.04. The van der Waals surface area contributed by atoms with E-state index >= 15 is 0 Å². The molecule has 0 radical (unpaired) electrons. The van der Waals surface area contributed by atoms with Gasteiger partial charge in [0.25, 0.3) is 5.69 Å². The molecule has 0 aliphatic carbocycles. The number of carbonyl (C=O) groups excluding carboxylic acids is 2. The zero-order valence-electron chi connectivity index (χ0n) is 12.8. The average molecular weight is 383 g/mol. The third kappa shape index (κ3) is 5.32. The molecule has 132 valence electrons. The first kappa shape index (κ1) is 18.5. The second kappa shape index (κ2) is 8.30. The smallest absolute Gasteiger partial charge is 0.328 e. The molecule has 0 fully saturated rings. The van der Waals surface area contributed by atoms with E-state index in [-0.39, 0.29) is 17.2 Å². The van der Waals surface area contributed by atoms with E-state index in [1.807, 2.05) is 0 Å². The van der Waals surface area contributed by atoms with E-state index in [0.29, 0.717) is 9.52 Å². The lowest BCUT2D eigenvalue weighted by atomic mass is 10.1. The van der Waals surface area contributed by atoms with Gasteiger partial charge < -0.3 is 10.1 Å². The van der Waals surface area contributed by atoms with Gasteiger partial charge in [0.2, 0.25) is 5.13 Å². The number of aromatic nitrogens is 2. The monoisotopic (exact) mass is 383 g/mol. The van der Waals surface area contributed by atoms with Gasteiger partial charge in [-0.25, -0.2) is 9.59 Å². The maximum absolute atomic E-state index is 12.0. The molecule has 0 bridgehead atoms. The molecule has 2 rings (SSSR count). The fourth-order valence-corrected chi connectivity index (χ4v) is 2.68. The Morgan fingerprint density at radius 1 is 1.44 bits per heavy atom. The molecular weight excluding hydrogens is 370 g/mol. The van der Waals surface area contributed by atoms with Gasteiger partial charge in [0.05, 0.1) is 12.0 Å². The molecule has 2 amide bonds. The Hall–Kier alpha value is -2.86. The Morgan fingerprint density at radius 3 is 2.64 bits per heavy atom. The van der Waals surface area contributed by atoms with Crippen molar-refractivity contribution in [3.63, 3.8) is 0 Å². The number of anilines is 1. The van der Waals surface area contributed by atoms with Crippen molar-refractivity contribution in [3.8, 4) is 0 Å². The summed E-state index contributed by atoms with van der Waals surface area (Å²) in [5, 5.41) is 22.1. The fourth-order valence-electron chi connectivity index (χ4n) is 1.90. The Morgan fingerprint density at radius 2 is 2.12 bits per heavy atom. The van der Waals surface area contributed by atoms with Gasteiger partial charge in [-0.3, -0.25) is 20.5 Å². The van der Waals surface area contributed by atoms with Gasteiger partial charge in [0.1, 0.15) is 6.04 Å². The number of ether oxygens (including phenoxy) is 1. The van der Waals surface area contributed by atoms with Crippen molar-refractivity contribution >= 4 is 46.4 Å². The third-order valence-electron chi connectivity index (χ3n) is 3.04. The quantitative estimate of drug-likeness (QED) is 0.300. The highest BCUT2D eigenvalue weighted by Crippen LogP contribution is 2.14. The SMILES string of the molecule is COC(=O)[C@H](Cc1ccc([N+](=O)[O-])cc1)NC(=O)Nc1n[nH]c(=S)s1. The average Bonchev–Trinajstić information content (AvgIpc) is 2.98. The Bertz CT molecular complexity index is 832. The lowest BCUT2D eigenvalue weighted by molar-refractivity contribution is -0.384. The summed E-state index contributed by atoms with van der Waals surface area (Å²) in [6.45, 7) is 0. The van der Waals surface area contributed by atoms with Crippen LogP contribution in [0.5, 0.6) is 0 Å². The van der Waals surface area contributed by atoms with Gasteiger partial charge >= 0.3 is 12.0 Å². The number of aromatic amines is 1. The van der Waals surface area contributed by atoms with Crippen LogP contribution in [0.4, 0.5) is 15.6 Å². The molecule has 0 aliphatic rings. The fraction of sp³-hybridized carbons (Fsp3) is 0.231. The summed E-state index contributed by atoms with van der Waals surface area (Å²) in [7, 11) is 1.20. The molecule has 25 heavy (non-hydrogen) atoms. The first-order valence-corrected chi connectivity index (χ1v) is 8.05. The van der Waals surface area contributed by atoms with Crippen molar-refractivity contribution in [2.75, 3.05) is 12.4 Å². The summed E-state index contributed by atoms with van der Waals surface area (Å²) in [5.74, 6) is -0.650. The second-order valence-electron chi connectivity index (χ2n) is 4.72. The zero-order chi connectivity index (χ0) is 18.4. The van der Waals surface area contributed by atoms with Crippen LogP contribution in [0.2, 0.25) is 0 Å². The maximum atomic E-state index is 12.0. The second-order valence-corrected chi connectivity index (χ2v) is 6.39. The van der Waals surface area contributed by atoms with E-state index in [1.54, 1.807) is 0 Å². The highest BCUT2D eigenvalue weighted by Gasteiger charge is 2.22. The molecule has 0 unspecified atom stereocenters. The van der Waals surface area contributed by atoms with Crippen LogP contribution >= 0.6 is 23.6 Å². The summed E-state index contributed by atoms with van der Waals surface area (Å²) in [4.78, 5) is 34.0. The molecule has 2 aromatic rings. The van der Waals surface area contributed by atoms with E-state index in [0.717, 1.165) is 11.3 Å². The molecule has 1 aromatic carbocycles. The van der Waals surface area contributed by atoms with Crippen LogP contribution in [0.25, 0.3) is 0 Å². The van der Waals surface area contributed by atoms with Gasteiger partial charge in [-0.05, 0) is 17.8 Å². The maximum Gasteiger partial charge on any atom is 0.328 e. The number of urea groups is 1. The largest absolute Gasteiger partial charge is 0.467 e. The number of rotatable bonds is 6. The van der Waals surface area contributed by atoms with Crippen LogP contribution in [0.15, 0.2) is 24.3 Å². The molecule has 1 heterocycles. The minimum atomic E-state index is -0.974. The number of nitrogens with one attached hydrogen (secondary N) is 3. The number of carbonyl (C=O) groups is 2. The number of amides is 2. The molecule has 1 atom stereocenters. The van der Waals surface area contributed by atoms with Gasteiger partial charge in [-0.1, -0.05) is 23.5 Å². The van der Waals surface area contributed by atoms with Crippen molar-refractivity contribution in [1.82, 2.24) is 15.5 Å². The minimum Gasteiger partial charge on any atom is -0.467 e. The molecule has 0 saturated heterocycles.